The van der Waals surface area contributed by atoms with E-state index >= 15 is 0 Å². The van der Waals surface area contributed by atoms with Crippen molar-refractivity contribution in [1.29, 1.82) is 0 Å². The molecule has 2 heterocycles. The number of nitrogens with one attached hydrogen (secondary N) is 4. The summed E-state index contributed by atoms with van der Waals surface area (Å²) in [6.07, 6.45) is 10.5. The number of nitrogens with zero attached hydrogens (tertiary/aromatic N) is 3. The summed E-state index contributed by atoms with van der Waals surface area (Å²) in [5, 5.41) is 12.4. The molecule has 2 aromatic carbocycles. The molecule has 1 saturated heterocycles. The number of halogens is 1. The maximum Gasteiger partial charge on any atom is 0.253 e. The Morgan fingerprint density at radius 3 is 2.33 bits per heavy atom. The fourth-order valence-electron chi connectivity index (χ4n) is 6.97. The highest BCUT2D eigenvalue weighted by Crippen LogP contribution is 2.35. The van der Waals surface area contributed by atoms with Crippen LogP contribution in [0.2, 0.25) is 5.02 Å². The second kappa shape index (κ2) is 22.4. The molecule has 5 rings (SSSR count). The highest BCUT2D eigenvalue weighted by molar-refractivity contribution is 6.33. The van der Waals surface area contributed by atoms with E-state index < -0.39 is 0 Å². The van der Waals surface area contributed by atoms with Crippen molar-refractivity contribution in [3.63, 3.8) is 0 Å². The number of aromatic nitrogens is 2. The number of carbonyl (C=O) groups is 2. The number of piperidine rings is 1. The van der Waals surface area contributed by atoms with Crippen LogP contribution in [0, 0.1) is 5.92 Å². The Kier molecular flexibility index (Phi) is 17.1. The summed E-state index contributed by atoms with van der Waals surface area (Å²) in [6.45, 7) is 6.72. The lowest BCUT2D eigenvalue weighted by Crippen LogP contribution is -2.35. The van der Waals surface area contributed by atoms with Crippen LogP contribution in [0.5, 0.6) is 5.75 Å². The SMILES string of the molecule is CNC(=O)c1ccccc1Nc1nc(Nc2ccc(C3CCN(CCOCCOCCOCCNC(=O)CC4CCCCC4)CC3)cc2OC)ncc1Cl. The average molecular weight is 766 g/mol. The summed E-state index contributed by atoms with van der Waals surface area (Å²) in [6, 6.07) is 13.3. The zero-order chi connectivity index (χ0) is 38.0. The van der Waals surface area contributed by atoms with Crippen molar-refractivity contribution in [2.24, 2.45) is 5.92 Å². The zero-order valence-electron chi connectivity index (χ0n) is 31.7. The van der Waals surface area contributed by atoms with Crippen molar-refractivity contribution >= 4 is 46.6 Å². The highest BCUT2D eigenvalue weighted by Gasteiger charge is 2.22. The fraction of sp³-hybridized carbons (Fsp3) is 0.550. The summed E-state index contributed by atoms with van der Waals surface area (Å²) in [5.74, 6) is 2.31. The van der Waals surface area contributed by atoms with Gasteiger partial charge < -0.3 is 45.1 Å². The predicted octanol–water partition coefficient (Wildman–Crippen LogP) is 6.30. The van der Waals surface area contributed by atoms with Gasteiger partial charge in [0.2, 0.25) is 11.9 Å². The molecule has 0 spiro atoms. The van der Waals surface area contributed by atoms with E-state index in [-0.39, 0.29) is 11.8 Å². The van der Waals surface area contributed by atoms with Gasteiger partial charge in [-0.1, -0.05) is 49.1 Å². The Morgan fingerprint density at radius 2 is 1.59 bits per heavy atom. The molecule has 0 atom stereocenters. The summed E-state index contributed by atoms with van der Waals surface area (Å²) in [4.78, 5) is 35.8. The fourth-order valence-corrected chi connectivity index (χ4v) is 7.10. The van der Waals surface area contributed by atoms with Gasteiger partial charge in [-0.05, 0) is 80.4 Å². The first-order valence-electron chi connectivity index (χ1n) is 19.2. The Morgan fingerprint density at radius 1 is 0.870 bits per heavy atom. The molecule has 1 aliphatic heterocycles. The van der Waals surface area contributed by atoms with E-state index in [1.54, 1.807) is 32.4 Å². The number of hydrogen-bond acceptors (Lipinski definition) is 11. The van der Waals surface area contributed by atoms with Gasteiger partial charge in [-0.25, -0.2) is 4.98 Å². The van der Waals surface area contributed by atoms with E-state index in [2.05, 4.69) is 48.3 Å². The number of methoxy groups -OCH3 is 1. The van der Waals surface area contributed by atoms with Gasteiger partial charge in [-0.15, -0.1) is 0 Å². The Hall–Kier alpha value is -4.01. The minimum absolute atomic E-state index is 0.143. The molecule has 2 fully saturated rings. The molecule has 3 aromatic rings. The summed E-state index contributed by atoms with van der Waals surface area (Å²) in [5.41, 5.74) is 3.02. The van der Waals surface area contributed by atoms with Crippen LogP contribution in [-0.4, -0.2) is 107 Å². The van der Waals surface area contributed by atoms with Gasteiger partial charge in [0.05, 0.1) is 69.9 Å². The molecular weight excluding hydrogens is 710 g/mol. The van der Waals surface area contributed by atoms with Gasteiger partial charge in [0.25, 0.3) is 5.91 Å². The third-order valence-corrected chi connectivity index (χ3v) is 10.3. The number of anilines is 4. The summed E-state index contributed by atoms with van der Waals surface area (Å²) in [7, 11) is 3.24. The van der Waals surface area contributed by atoms with Crippen molar-refractivity contribution in [2.75, 3.05) is 90.6 Å². The minimum Gasteiger partial charge on any atom is -0.495 e. The minimum atomic E-state index is -0.221. The van der Waals surface area contributed by atoms with Gasteiger partial charge >= 0.3 is 0 Å². The van der Waals surface area contributed by atoms with Crippen LogP contribution < -0.4 is 26.0 Å². The van der Waals surface area contributed by atoms with E-state index in [0.29, 0.717) is 98.2 Å². The molecule has 4 N–H and O–H groups in total. The number of rotatable bonds is 21. The molecule has 0 radical (unpaired) electrons. The lowest BCUT2D eigenvalue weighted by atomic mass is 9.87. The summed E-state index contributed by atoms with van der Waals surface area (Å²) < 4.78 is 22.8. The molecule has 294 valence electrons. The van der Waals surface area contributed by atoms with Crippen molar-refractivity contribution < 1.29 is 28.5 Å². The van der Waals surface area contributed by atoms with Crippen molar-refractivity contribution in [3.05, 3.63) is 64.8 Å². The van der Waals surface area contributed by atoms with E-state index in [1.807, 2.05) is 12.1 Å². The first-order chi connectivity index (χ1) is 26.4. The van der Waals surface area contributed by atoms with Crippen LogP contribution in [0.15, 0.2) is 48.7 Å². The molecule has 1 aliphatic carbocycles. The van der Waals surface area contributed by atoms with Gasteiger partial charge in [-0.2, -0.15) is 4.98 Å². The van der Waals surface area contributed by atoms with Gasteiger partial charge in [0.1, 0.15) is 10.8 Å². The number of hydrogen-bond donors (Lipinski definition) is 4. The molecule has 0 unspecified atom stereocenters. The van der Waals surface area contributed by atoms with E-state index in [0.717, 1.165) is 38.2 Å². The van der Waals surface area contributed by atoms with E-state index in [9.17, 15) is 9.59 Å². The average Bonchev–Trinajstić information content (AvgIpc) is 3.20. The standard InChI is InChI=1S/C40H56ClN7O6/c1-42-39(50)32-10-6-7-11-34(32)45-38-33(41)28-44-40(47-38)46-35-13-12-31(27-36(35)51-2)30-14-17-48(18-15-30)19-21-53-23-25-54-24-22-52-20-16-43-37(49)26-29-8-4-3-5-9-29/h6-7,10-13,27-30H,3-5,8-9,14-26H2,1-2H3,(H,42,50)(H,43,49)(H2,44,45,46,47). The van der Waals surface area contributed by atoms with Gasteiger partial charge in [0.15, 0.2) is 5.82 Å². The number of likely N-dealkylation sites (tertiary alicyclic amines) is 1. The van der Waals surface area contributed by atoms with Crippen LogP contribution in [0.3, 0.4) is 0 Å². The molecule has 14 heteroatoms. The van der Waals surface area contributed by atoms with Crippen molar-refractivity contribution in [1.82, 2.24) is 25.5 Å². The van der Waals surface area contributed by atoms with Crippen LogP contribution in [0.25, 0.3) is 0 Å². The number of benzene rings is 2. The van der Waals surface area contributed by atoms with Gasteiger partial charge in [-0.3, -0.25) is 9.59 Å². The van der Waals surface area contributed by atoms with Crippen LogP contribution in [0.4, 0.5) is 23.1 Å². The molecule has 13 nitrogen and oxygen atoms in total. The zero-order valence-corrected chi connectivity index (χ0v) is 32.4. The quantitative estimate of drug-likeness (QED) is 0.0906. The second-order valence-electron chi connectivity index (χ2n) is 13.7. The normalized spacial score (nSPS) is 15.5. The van der Waals surface area contributed by atoms with E-state index in [4.69, 9.17) is 30.5 Å². The molecule has 1 aromatic heterocycles. The number of para-hydroxylation sites is 1. The Labute approximate surface area is 324 Å². The number of carbonyl (C=O) groups excluding carboxylic acids is 2. The lowest BCUT2D eigenvalue weighted by molar-refractivity contribution is -0.122. The van der Waals surface area contributed by atoms with Crippen LogP contribution in [0.1, 0.15) is 73.2 Å². The molecule has 2 aliphatic rings. The largest absolute Gasteiger partial charge is 0.495 e. The first kappa shape index (κ1) is 41.2. The maximum atomic E-state index is 12.3. The Bertz CT molecular complexity index is 1620. The highest BCUT2D eigenvalue weighted by atomic mass is 35.5. The summed E-state index contributed by atoms with van der Waals surface area (Å²) >= 11 is 6.42. The lowest BCUT2D eigenvalue weighted by Gasteiger charge is -2.32. The molecular formula is C40H56ClN7O6. The maximum absolute atomic E-state index is 12.3. The number of ether oxygens (including phenoxy) is 4. The molecule has 2 amide bonds. The monoisotopic (exact) mass is 765 g/mol. The van der Waals surface area contributed by atoms with E-state index in [1.165, 1.54) is 43.9 Å². The van der Waals surface area contributed by atoms with Gasteiger partial charge in [0, 0.05) is 26.6 Å². The third-order valence-electron chi connectivity index (χ3n) is 9.99. The van der Waals surface area contributed by atoms with Crippen molar-refractivity contribution in [3.8, 4) is 5.75 Å². The topological polar surface area (TPSA) is 148 Å². The van der Waals surface area contributed by atoms with Crippen LogP contribution >= 0.6 is 11.6 Å². The molecule has 0 bridgehead atoms. The second-order valence-corrected chi connectivity index (χ2v) is 14.1. The predicted molar refractivity (Wildman–Crippen MR) is 212 cm³/mol. The van der Waals surface area contributed by atoms with Crippen LogP contribution in [-0.2, 0) is 19.0 Å². The molecule has 1 saturated carbocycles. The molecule has 54 heavy (non-hydrogen) atoms. The van der Waals surface area contributed by atoms with Crippen molar-refractivity contribution in [2.45, 2.75) is 57.3 Å². The third kappa shape index (κ3) is 13.1. The Balaban J connectivity index is 0.950. The smallest absolute Gasteiger partial charge is 0.253 e. The first-order valence-corrected chi connectivity index (χ1v) is 19.6. The number of amides is 2.